The smallest absolute Gasteiger partial charge is 0.408 e. The number of amides is 2. The minimum atomic E-state index is -1.70. The Morgan fingerprint density at radius 2 is 1.79 bits per heavy atom. The SMILES string of the molecule is Nc1nc(Cc2c(F)cc3c(=O)c(N(C=O)CC(NC(=O)OCc4ccccc4)C(=O)O)cn(CCc4ccccc4)c3c2F)cs1. The maximum atomic E-state index is 16.2. The van der Waals surface area contributed by atoms with E-state index in [0.29, 0.717) is 17.7 Å². The number of rotatable bonds is 13. The van der Waals surface area contributed by atoms with Crippen molar-refractivity contribution in [1.82, 2.24) is 14.9 Å². The molecule has 2 aromatic heterocycles. The summed E-state index contributed by atoms with van der Waals surface area (Å²) in [6.07, 6.45) is 0.526. The second-order valence-electron chi connectivity index (χ2n) is 10.5. The summed E-state index contributed by atoms with van der Waals surface area (Å²) in [5.74, 6) is -3.50. The van der Waals surface area contributed by atoms with Crippen LogP contribution in [0, 0.1) is 11.6 Å². The molecule has 0 aliphatic rings. The Labute approximate surface area is 270 Å². The van der Waals surface area contributed by atoms with E-state index in [2.05, 4.69) is 10.3 Å². The molecule has 3 aromatic carbocycles. The summed E-state index contributed by atoms with van der Waals surface area (Å²) in [4.78, 5) is 55.4. The Bertz CT molecular complexity index is 1970. The van der Waals surface area contributed by atoms with Crippen LogP contribution < -0.4 is 21.4 Å². The Kier molecular flexibility index (Phi) is 10.2. The van der Waals surface area contributed by atoms with Gasteiger partial charge in [0, 0.05) is 30.1 Å². The van der Waals surface area contributed by atoms with E-state index >= 15 is 8.78 Å². The number of hydrogen-bond donors (Lipinski definition) is 3. The topological polar surface area (TPSA) is 157 Å². The Morgan fingerprint density at radius 1 is 1.11 bits per heavy atom. The molecular formula is C33H29F2N5O6S. The first-order chi connectivity index (χ1) is 22.6. The minimum Gasteiger partial charge on any atom is -0.480 e. The standard InChI is InChI=1S/C33H29F2N5O6S/c34-25-14-24-29(28(35)23(25)13-22-18-47-32(36)37-22)39(12-11-20-7-3-1-4-8-20)16-27(30(24)42)40(19-41)15-26(31(43)44)38-33(45)46-17-21-9-5-2-6-10-21/h1-10,14,16,18-19,26H,11-13,15,17H2,(H2,36,37)(H,38,45)(H,43,44). The summed E-state index contributed by atoms with van der Waals surface area (Å²) in [6, 6.07) is 17.1. The average Bonchev–Trinajstić information content (AvgIpc) is 3.49. The van der Waals surface area contributed by atoms with E-state index in [4.69, 9.17) is 10.5 Å². The first-order valence-electron chi connectivity index (χ1n) is 14.3. The van der Waals surface area contributed by atoms with Gasteiger partial charge in [-0.1, -0.05) is 60.7 Å². The van der Waals surface area contributed by atoms with Gasteiger partial charge < -0.3 is 30.4 Å². The zero-order valence-corrected chi connectivity index (χ0v) is 25.6. The maximum Gasteiger partial charge on any atom is 0.408 e. The van der Waals surface area contributed by atoms with Gasteiger partial charge in [0.25, 0.3) is 0 Å². The number of carbonyl (C=O) groups is 3. The molecule has 0 spiro atoms. The van der Waals surface area contributed by atoms with Crippen LogP contribution in [-0.4, -0.2) is 45.7 Å². The van der Waals surface area contributed by atoms with Crippen LogP contribution in [0.5, 0.6) is 0 Å². The number of pyridine rings is 1. The number of fused-ring (bicyclic) bond motifs is 1. The predicted molar refractivity (Wildman–Crippen MR) is 172 cm³/mol. The summed E-state index contributed by atoms with van der Waals surface area (Å²) in [5, 5.41) is 13.5. The summed E-state index contributed by atoms with van der Waals surface area (Å²) >= 11 is 1.12. The molecule has 0 saturated carbocycles. The van der Waals surface area contributed by atoms with Crippen LogP contribution in [0.1, 0.15) is 22.4 Å². The number of ether oxygens (including phenoxy) is 1. The number of carboxylic acids is 1. The maximum absolute atomic E-state index is 16.2. The summed E-state index contributed by atoms with van der Waals surface area (Å²) in [5.41, 5.74) is 5.81. The second kappa shape index (κ2) is 14.6. The van der Waals surface area contributed by atoms with Crippen molar-refractivity contribution in [3.63, 3.8) is 0 Å². The molecular weight excluding hydrogens is 632 g/mol. The number of aliphatic carboxylic acids is 1. The number of aromatic nitrogens is 2. The van der Waals surface area contributed by atoms with Gasteiger partial charge in [0.1, 0.15) is 24.2 Å². The van der Waals surface area contributed by atoms with E-state index in [-0.39, 0.29) is 53.3 Å². The Balaban J connectivity index is 1.50. The first-order valence-corrected chi connectivity index (χ1v) is 15.2. The monoisotopic (exact) mass is 661 g/mol. The lowest BCUT2D eigenvalue weighted by Crippen LogP contribution is -2.49. The quantitative estimate of drug-likeness (QED) is 0.156. The fourth-order valence-electron chi connectivity index (χ4n) is 5.02. The molecule has 0 saturated heterocycles. The number of thiazole rings is 1. The van der Waals surface area contributed by atoms with Gasteiger partial charge in [0.05, 0.1) is 23.1 Å². The number of anilines is 2. The van der Waals surface area contributed by atoms with Crippen molar-refractivity contribution in [2.24, 2.45) is 0 Å². The minimum absolute atomic E-state index is 0.110. The van der Waals surface area contributed by atoms with Crippen molar-refractivity contribution in [1.29, 1.82) is 0 Å². The van der Waals surface area contributed by atoms with E-state index in [1.165, 1.54) is 10.8 Å². The van der Waals surface area contributed by atoms with E-state index in [0.717, 1.165) is 27.9 Å². The predicted octanol–water partition coefficient (Wildman–Crippen LogP) is 4.49. The average molecular weight is 662 g/mol. The number of hydrogen-bond acceptors (Lipinski definition) is 8. The van der Waals surface area contributed by atoms with Crippen LogP contribution in [0.3, 0.4) is 0 Å². The highest BCUT2D eigenvalue weighted by Gasteiger charge is 2.27. The fourth-order valence-corrected chi connectivity index (χ4v) is 5.58. The number of aryl methyl sites for hydroxylation is 2. The molecule has 1 unspecified atom stereocenters. The van der Waals surface area contributed by atoms with E-state index in [1.807, 2.05) is 30.3 Å². The van der Waals surface area contributed by atoms with Crippen LogP contribution in [0.15, 0.2) is 83.1 Å². The number of benzene rings is 3. The highest BCUT2D eigenvalue weighted by molar-refractivity contribution is 7.13. The number of alkyl carbamates (subject to hydrolysis) is 1. The molecule has 4 N–H and O–H groups in total. The largest absolute Gasteiger partial charge is 0.480 e. The highest BCUT2D eigenvalue weighted by atomic mass is 32.1. The van der Waals surface area contributed by atoms with Crippen molar-refractivity contribution in [3.05, 3.63) is 123 Å². The van der Waals surface area contributed by atoms with Crippen LogP contribution >= 0.6 is 11.3 Å². The van der Waals surface area contributed by atoms with Crippen LogP contribution in [0.2, 0.25) is 0 Å². The lowest BCUT2D eigenvalue weighted by Gasteiger charge is -2.24. The number of nitrogen functional groups attached to an aromatic ring is 1. The van der Waals surface area contributed by atoms with E-state index < -0.39 is 41.7 Å². The molecule has 2 heterocycles. The van der Waals surface area contributed by atoms with Crippen molar-refractivity contribution in [3.8, 4) is 0 Å². The Morgan fingerprint density at radius 3 is 2.40 bits per heavy atom. The van der Waals surface area contributed by atoms with Gasteiger partial charge in [0.2, 0.25) is 11.8 Å². The summed E-state index contributed by atoms with van der Waals surface area (Å²) < 4.78 is 38.1. The lowest BCUT2D eigenvalue weighted by atomic mass is 10.0. The molecule has 0 aliphatic heterocycles. The second-order valence-corrected chi connectivity index (χ2v) is 11.4. The first kappa shape index (κ1) is 32.8. The van der Waals surface area contributed by atoms with E-state index in [1.54, 1.807) is 35.7 Å². The molecule has 5 rings (SSSR count). The van der Waals surface area contributed by atoms with Crippen LogP contribution in [0.4, 0.5) is 24.4 Å². The van der Waals surface area contributed by atoms with Crippen molar-refractivity contribution >= 4 is 51.5 Å². The molecule has 242 valence electrons. The number of halogens is 2. The van der Waals surface area contributed by atoms with Crippen molar-refractivity contribution in [2.75, 3.05) is 17.2 Å². The third kappa shape index (κ3) is 7.79. The summed E-state index contributed by atoms with van der Waals surface area (Å²) in [7, 11) is 0. The van der Waals surface area contributed by atoms with Crippen molar-refractivity contribution in [2.45, 2.75) is 32.0 Å². The molecule has 0 bridgehead atoms. The normalized spacial score (nSPS) is 11.6. The number of carboxylic acid groups (broad SMARTS) is 1. The molecule has 5 aromatic rings. The molecule has 0 fully saturated rings. The van der Waals surface area contributed by atoms with Crippen molar-refractivity contribution < 1.29 is 33.0 Å². The molecule has 0 radical (unpaired) electrons. The third-order valence-electron chi connectivity index (χ3n) is 7.36. The third-order valence-corrected chi connectivity index (χ3v) is 8.08. The number of carbonyl (C=O) groups excluding carboxylic acids is 2. The van der Waals surface area contributed by atoms with Gasteiger partial charge in [-0.25, -0.2) is 23.4 Å². The molecule has 0 aliphatic carbocycles. The fraction of sp³-hybridized carbons (Fsp3) is 0.182. The Hall–Kier alpha value is -5.63. The van der Waals surface area contributed by atoms with Gasteiger partial charge in [-0.2, -0.15) is 0 Å². The molecule has 47 heavy (non-hydrogen) atoms. The molecule has 14 heteroatoms. The van der Waals surface area contributed by atoms with Crippen LogP contribution in [0.25, 0.3) is 10.9 Å². The van der Waals surface area contributed by atoms with Gasteiger partial charge in [-0.3, -0.25) is 9.59 Å². The van der Waals surface area contributed by atoms with E-state index in [9.17, 15) is 24.3 Å². The van der Waals surface area contributed by atoms with Gasteiger partial charge >= 0.3 is 12.1 Å². The van der Waals surface area contributed by atoms with Crippen LogP contribution in [-0.2, 0) is 40.3 Å². The lowest BCUT2D eigenvalue weighted by molar-refractivity contribution is -0.139. The zero-order chi connectivity index (χ0) is 33.5. The molecule has 11 nitrogen and oxygen atoms in total. The van der Waals surface area contributed by atoms with Gasteiger partial charge in [0.15, 0.2) is 10.9 Å². The highest BCUT2D eigenvalue weighted by Crippen LogP contribution is 2.28. The van der Waals surface area contributed by atoms with Gasteiger partial charge in [-0.15, -0.1) is 11.3 Å². The summed E-state index contributed by atoms with van der Waals surface area (Å²) in [6.45, 7) is -0.715. The van der Waals surface area contributed by atoms with Gasteiger partial charge in [-0.05, 0) is 23.6 Å². The number of nitrogens with two attached hydrogens (primary N) is 1. The molecule has 2 amide bonds. The number of nitrogens with one attached hydrogen (secondary N) is 1. The molecule has 1 atom stereocenters. The zero-order valence-electron chi connectivity index (χ0n) is 24.8. The number of nitrogens with zero attached hydrogens (tertiary/aromatic N) is 3.